The Morgan fingerprint density at radius 2 is 1.52 bits per heavy atom. The van der Waals surface area contributed by atoms with Gasteiger partial charge in [-0.15, -0.1) is 11.3 Å². The van der Waals surface area contributed by atoms with Crippen LogP contribution >= 0.6 is 23.1 Å². The molecule has 1 aliphatic rings. The first-order chi connectivity index (χ1) is 14.0. The van der Waals surface area contributed by atoms with Gasteiger partial charge in [0.1, 0.15) is 9.71 Å². The molecule has 0 atom stereocenters. The summed E-state index contributed by atoms with van der Waals surface area (Å²) < 4.78 is 0. The molecule has 0 saturated heterocycles. The number of nitrogens with two attached hydrogens (primary N) is 1. The van der Waals surface area contributed by atoms with E-state index in [1.165, 1.54) is 11.3 Å². The minimum Gasteiger partial charge on any atom is -0.397 e. The third-order valence-corrected chi connectivity index (χ3v) is 7.72. The van der Waals surface area contributed by atoms with Crippen LogP contribution in [0.4, 0.5) is 17.1 Å². The first kappa shape index (κ1) is 18.2. The number of thiophene rings is 1. The smallest absolute Gasteiger partial charge is 0.275 e. The van der Waals surface area contributed by atoms with E-state index in [2.05, 4.69) is 0 Å². The van der Waals surface area contributed by atoms with Gasteiger partial charge in [0.25, 0.3) is 5.91 Å². The molecule has 5 rings (SSSR count). The highest BCUT2D eigenvalue weighted by Crippen LogP contribution is 2.49. The van der Waals surface area contributed by atoms with Crippen LogP contribution in [0.15, 0.2) is 58.3 Å². The maximum absolute atomic E-state index is 13.8. The Bertz CT molecular complexity index is 1260. The third kappa shape index (κ3) is 2.67. The molecule has 0 fully saturated rings. The summed E-state index contributed by atoms with van der Waals surface area (Å²) in [6, 6.07) is 16.0. The second-order valence-electron chi connectivity index (χ2n) is 7.15. The van der Waals surface area contributed by atoms with Crippen LogP contribution in [0.3, 0.4) is 0 Å². The topological polar surface area (TPSA) is 59.2 Å². The minimum absolute atomic E-state index is 0.111. The Balaban J connectivity index is 1.73. The number of hydrogen-bond donors (Lipinski definition) is 1. The number of benzene rings is 2. The maximum atomic E-state index is 13.8. The molecule has 0 unspecified atom stereocenters. The van der Waals surface area contributed by atoms with Crippen molar-refractivity contribution in [2.45, 2.75) is 30.6 Å². The van der Waals surface area contributed by atoms with Crippen molar-refractivity contribution >= 4 is 56.3 Å². The molecule has 0 radical (unpaired) electrons. The van der Waals surface area contributed by atoms with Gasteiger partial charge in [0, 0.05) is 20.9 Å². The first-order valence-electron chi connectivity index (χ1n) is 9.33. The zero-order valence-corrected chi connectivity index (χ0v) is 17.9. The van der Waals surface area contributed by atoms with Crippen molar-refractivity contribution in [3.63, 3.8) is 0 Å². The van der Waals surface area contributed by atoms with Crippen molar-refractivity contribution in [1.29, 1.82) is 0 Å². The molecular formula is C23H19N3OS2. The van der Waals surface area contributed by atoms with Gasteiger partial charge in [0.05, 0.1) is 17.1 Å². The van der Waals surface area contributed by atoms with Crippen molar-refractivity contribution in [2.75, 3.05) is 10.6 Å². The molecule has 29 heavy (non-hydrogen) atoms. The van der Waals surface area contributed by atoms with E-state index >= 15 is 0 Å². The lowest BCUT2D eigenvalue weighted by Crippen LogP contribution is -2.28. The summed E-state index contributed by atoms with van der Waals surface area (Å²) in [5, 5.41) is 0.898. The molecule has 0 bridgehead atoms. The van der Waals surface area contributed by atoms with Gasteiger partial charge in [-0.05, 0) is 56.2 Å². The Morgan fingerprint density at radius 3 is 2.14 bits per heavy atom. The number of aromatic nitrogens is 1. The monoisotopic (exact) mass is 417 g/mol. The zero-order chi connectivity index (χ0) is 20.3. The number of hydrogen-bond acceptors (Lipinski definition) is 5. The predicted molar refractivity (Wildman–Crippen MR) is 122 cm³/mol. The van der Waals surface area contributed by atoms with E-state index in [1.54, 1.807) is 16.7 Å². The van der Waals surface area contributed by atoms with Crippen LogP contribution in [0.1, 0.15) is 26.5 Å². The average Bonchev–Trinajstić information content (AvgIpc) is 3.05. The standard InChI is InChI=1S/C23H19N3OS2/c1-12-13(2)19-20(24)21(29-22(19)25-14(12)3)23(27)26-15-8-4-6-10-17(15)28-18-11-7-5-9-16(18)26/h4-11H,24H2,1-3H3. The van der Waals surface area contributed by atoms with Crippen molar-refractivity contribution in [1.82, 2.24) is 4.98 Å². The maximum Gasteiger partial charge on any atom is 0.275 e. The van der Waals surface area contributed by atoms with Gasteiger partial charge < -0.3 is 5.73 Å². The summed E-state index contributed by atoms with van der Waals surface area (Å²) in [6.07, 6.45) is 0. The molecule has 1 aliphatic heterocycles. The summed E-state index contributed by atoms with van der Waals surface area (Å²) >= 11 is 3.06. The minimum atomic E-state index is -0.111. The lowest BCUT2D eigenvalue weighted by atomic mass is 10.1. The van der Waals surface area contributed by atoms with Crippen molar-refractivity contribution < 1.29 is 4.79 Å². The summed E-state index contributed by atoms with van der Waals surface area (Å²) in [7, 11) is 0. The van der Waals surface area contributed by atoms with Gasteiger partial charge in [-0.25, -0.2) is 4.98 Å². The molecule has 2 aromatic heterocycles. The van der Waals surface area contributed by atoms with Crippen molar-refractivity contribution in [3.05, 3.63) is 70.2 Å². The van der Waals surface area contributed by atoms with Gasteiger partial charge >= 0.3 is 0 Å². The zero-order valence-electron chi connectivity index (χ0n) is 16.3. The molecule has 2 aromatic carbocycles. The SMILES string of the molecule is Cc1nc2sc(C(=O)N3c4ccccc4Sc4ccccc43)c(N)c2c(C)c1C. The Hall–Kier alpha value is -2.83. The lowest BCUT2D eigenvalue weighted by Gasteiger charge is -2.30. The second-order valence-corrected chi connectivity index (χ2v) is 9.23. The van der Waals surface area contributed by atoms with E-state index in [-0.39, 0.29) is 5.91 Å². The van der Waals surface area contributed by atoms with Crippen molar-refractivity contribution in [3.8, 4) is 0 Å². The molecule has 4 nitrogen and oxygen atoms in total. The van der Waals surface area contributed by atoms with Gasteiger partial charge in [-0.3, -0.25) is 9.69 Å². The quantitative estimate of drug-likeness (QED) is 0.398. The number of rotatable bonds is 1. The normalized spacial score (nSPS) is 12.7. The highest BCUT2D eigenvalue weighted by Gasteiger charge is 2.31. The summed E-state index contributed by atoms with van der Waals surface area (Å²) in [4.78, 5) is 23.8. The Morgan fingerprint density at radius 1 is 0.931 bits per heavy atom. The van der Waals surface area contributed by atoms with Crippen LogP contribution < -0.4 is 10.6 Å². The van der Waals surface area contributed by atoms with Gasteiger partial charge in [0.2, 0.25) is 0 Å². The Labute approximate surface area is 177 Å². The number of fused-ring (bicyclic) bond motifs is 3. The number of carbonyl (C=O) groups excluding carboxylic acids is 1. The number of para-hydroxylation sites is 2. The van der Waals surface area contributed by atoms with E-state index in [1.807, 2.05) is 69.3 Å². The van der Waals surface area contributed by atoms with Crippen molar-refractivity contribution in [2.24, 2.45) is 0 Å². The van der Waals surface area contributed by atoms with Crippen LogP contribution in [0.25, 0.3) is 10.2 Å². The second kappa shape index (κ2) is 6.61. The van der Waals surface area contributed by atoms with Crippen LogP contribution in [0.2, 0.25) is 0 Å². The fourth-order valence-electron chi connectivity index (χ4n) is 3.75. The Kier molecular flexibility index (Phi) is 4.15. The molecule has 3 heterocycles. The summed E-state index contributed by atoms with van der Waals surface area (Å²) in [5.74, 6) is -0.111. The number of amides is 1. The van der Waals surface area contributed by atoms with Crippen LogP contribution in [-0.2, 0) is 0 Å². The molecular weight excluding hydrogens is 398 g/mol. The van der Waals surface area contributed by atoms with E-state index < -0.39 is 0 Å². The molecule has 6 heteroatoms. The molecule has 1 amide bonds. The number of carbonyl (C=O) groups is 1. The molecule has 2 N–H and O–H groups in total. The molecule has 0 spiro atoms. The van der Waals surface area contributed by atoms with Gasteiger partial charge in [0.15, 0.2) is 0 Å². The fraction of sp³-hybridized carbons (Fsp3) is 0.130. The average molecular weight is 418 g/mol. The van der Waals surface area contributed by atoms with Gasteiger partial charge in [-0.1, -0.05) is 36.0 Å². The van der Waals surface area contributed by atoms with Gasteiger partial charge in [-0.2, -0.15) is 0 Å². The number of nitrogen functional groups attached to an aromatic ring is 1. The van der Waals surface area contributed by atoms with E-state index in [0.29, 0.717) is 10.6 Å². The number of aryl methyl sites for hydroxylation is 2. The van der Waals surface area contributed by atoms with E-state index in [0.717, 1.165) is 48.2 Å². The first-order valence-corrected chi connectivity index (χ1v) is 11.0. The number of anilines is 3. The summed E-state index contributed by atoms with van der Waals surface area (Å²) in [5.41, 5.74) is 12.0. The molecule has 0 saturated carbocycles. The lowest BCUT2D eigenvalue weighted by molar-refractivity contribution is 0.100. The van der Waals surface area contributed by atoms with E-state index in [4.69, 9.17) is 10.7 Å². The number of nitrogens with zero attached hydrogens (tertiary/aromatic N) is 2. The third-order valence-electron chi connectivity index (χ3n) is 5.51. The highest BCUT2D eigenvalue weighted by atomic mass is 32.2. The largest absolute Gasteiger partial charge is 0.397 e. The van der Waals surface area contributed by atoms with E-state index in [9.17, 15) is 4.79 Å². The van der Waals surface area contributed by atoms with Crippen LogP contribution in [0.5, 0.6) is 0 Å². The molecule has 0 aliphatic carbocycles. The summed E-state index contributed by atoms with van der Waals surface area (Å²) in [6.45, 7) is 6.09. The van der Waals surface area contributed by atoms with Crippen LogP contribution in [-0.4, -0.2) is 10.9 Å². The highest BCUT2D eigenvalue weighted by molar-refractivity contribution is 7.99. The molecule has 144 valence electrons. The predicted octanol–water partition coefficient (Wildman–Crippen LogP) is 6.25. The van der Waals surface area contributed by atoms with Crippen LogP contribution in [0, 0.1) is 20.8 Å². The number of pyridine rings is 1. The molecule has 4 aromatic rings. The fourth-order valence-corrected chi connectivity index (χ4v) is 5.94.